The number of hydrogen-bond donors (Lipinski definition) is 1. The molecule has 90 valence electrons. The van der Waals surface area contributed by atoms with Crippen molar-refractivity contribution < 1.29 is 0 Å². The molecule has 0 aromatic rings. The second-order valence-corrected chi connectivity index (χ2v) is 6.72. The van der Waals surface area contributed by atoms with E-state index < -0.39 is 0 Å². The van der Waals surface area contributed by atoms with Gasteiger partial charge < -0.3 is 10.2 Å². The van der Waals surface area contributed by atoms with Crippen molar-refractivity contribution in [1.29, 1.82) is 0 Å². The van der Waals surface area contributed by atoms with Crippen molar-refractivity contribution in [3.63, 3.8) is 0 Å². The first kappa shape index (κ1) is 13.0. The van der Waals surface area contributed by atoms with Gasteiger partial charge in [-0.3, -0.25) is 0 Å². The van der Waals surface area contributed by atoms with Crippen LogP contribution in [0.25, 0.3) is 0 Å². The Balaban J connectivity index is 2.07. The zero-order chi connectivity index (χ0) is 11.5. The monoisotopic (exact) mass is 212 g/mol. The highest BCUT2D eigenvalue weighted by atomic mass is 15.2. The van der Waals surface area contributed by atoms with Gasteiger partial charge in [-0.15, -0.1) is 0 Å². The van der Waals surface area contributed by atoms with Crippen molar-refractivity contribution in [2.45, 2.75) is 53.0 Å². The van der Waals surface area contributed by atoms with Crippen LogP contribution in [0.1, 0.15) is 47.5 Å². The van der Waals surface area contributed by atoms with Crippen molar-refractivity contribution in [3.05, 3.63) is 0 Å². The Labute approximate surface area is 95.4 Å². The molecule has 0 spiro atoms. The zero-order valence-electron chi connectivity index (χ0n) is 11.2. The van der Waals surface area contributed by atoms with Crippen LogP contribution in [0.4, 0.5) is 0 Å². The third-order valence-corrected chi connectivity index (χ3v) is 3.06. The lowest BCUT2D eigenvalue weighted by atomic mass is 9.93. The molecular formula is C13H28N2. The maximum absolute atomic E-state index is 3.54. The Hall–Kier alpha value is -0.0800. The Kier molecular flexibility index (Phi) is 4.19. The summed E-state index contributed by atoms with van der Waals surface area (Å²) in [6, 6.07) is 0. The highest BCUT2D eigenvalue weighted by Crippen LogP contribution is 2.28. The van der Waals surface area contributed by atoms with Crippen LogP contribution in [-0.2, 0) is 0 Å². The van der Waals surface area contributed by atoms with E-state index in [0.717, 1.165) is 6.54 Å². The molecule has 0 saturated carbocycles. The fraction of sp³-hybridized carbons (Fsp3) is 1.00. The molecule has 2 heteroatoms. The molecule has 0 bridgehead atoms. The predicted octanol–water partition coefficient (Wildman–Crippen LogP) is 2.50. The van der Waals surface area contributed by atoms with E-state index in [4.69, 9.17) is 0 Å². The van der Waals surface area contributed by atoms with Gasteiger partial charge in [0.2, 0.25) is 0 Å². The molecule has 1 aliphatic rings. The van der Waals surface area contributed by atoms with Crippen molar-refractivity contribution in [2.24, 2.45) is 5.41 Å². The summed E-state index contributed by atoms with van der Waals surface area (Å²) in [6.07, 6.45) is 2.63. The molecule has 0 unspecified atom stereocenters. The van der Waals surface area contributed by atoms with Crippen LogP contribution in [0.2, 0.25) is 0 Å². The van der Waals surface area contributed by atoms with E-state index in [0.29, 0.717) is 5.41 Å². The Morgan fingerprint density at radius 2 is 1.93 bits per heavy atom. The maximum atomic E-state index is 3.54. The number of likely N-dealkylation sites (tertiary alicyclic amines) is 1. The molecule has 1 heterocycles. The van der Waals surface area contributed by atoms with Gasteiger partial charge in [0.15, 0.2) is 0 Å². The van der Waals surface area contributed by atoms with Crippen molar-refractivity contribution in [2.75, 3.05) is 26.2 Å². The summed E-state index contributed by atoms with van der Waals surface area (Å²) in [4.78, 5) is 2.60. The van der Waals surface area contributed by atoms with Crippen LogP contribution in [0, 0.1) is 5.41 Å². The first-order valence-corrected chi connectivity index (χ1v) is 6.26. The van der Waals surface area contributed by atoms with E-state index in [1.165, 1.54) is 32.5 Å². The third kappa shape index (κ3) is 5.53. The SMILES string of the molecule is CC1(C)CCN(CCCNC(C)(C)C)C1. The van der Waals surface area contributed by atoms with Gasteiger partial charge in [0.1, 0.15) is 0 Å². The highest BCUT2D eigenvalue weighted by Gasteiger charge is 2.28. The smallest absolute Gasteiger partial charge is 0.00965 e. The minimum atomic E-state index is 0.268. The van der Waals surface area contributed by atoms with Gasteiger partial charge in [0, 0.05) is 12.1 Å². The molecule has 2 nitrogen and oxygen atoms in total. The molecule has 0 aromatic heterocycles. The minimum absolute atomic E-state index is 0.268. The molecule has 0 amide bonds. The lowest BCUT2D eigenvalue weighted by molar-refractivity contribution is 0.281. The molecule has 1 aliphatic heterocycles. The predicted molar refractivity (Wildman–Crippen MR) is 67.2 cm³/mol. The summed E-state index contributed by atoms with van der Waals surface area (Å²) in [5, 5.41) is 3.54. The van der Waals surface area contributed by atoms with E-state index in [1.54, 1.807) is 0 Å². The average Bonchev–Trinajstić information content (AvgIpc) is 2.38. The van der Waals surface area contributed by atoms with Gasteiger partial charge in [-0.2, -0.15) is 0 Å². The standard InChI is InChI=1S/C13H28N2/c1-12(2,3)14-8-6-9-15-10-7-13(4,5)11-15/h14H,6-11H2,1-5H3. The van der Waals surface area contributed by atoms with Crippen LogP contribution in [0.15, 0.2) is 0 Å². The Morgan fingerprint density at radius 3 is 2.40 bits per heavy atom. The van der Waals surface area contributed by atoms with Gasteiger partial charge in [-0.25, -0.2) is 0 Å². The first-order chi connectivity index (χ1) is 6.79. The maximum Gasteiger partial charge on any atom is 0.00965 e. The van der Waals surface area contributed by atoms with E-state index in [9.17, 15) is 0 Å². The van der Waals surface area contributed by atoms with Crippen LogP contribution in [0.5, 0.6) is 0 Å². The van der Waals surface area contributed by atoms with Gasteiger partial charge in [0.25, 0.3) is 0 Å². The lowest BCUT2D eigenvalue weighted by Crippen LogP contribution is -2.37. The summed E-state index contributed by atoms with van der Waals surface area (Å²) < 4.78 is 0. The molecule has 1 rings (SSSR count). The molecule has 1 N–H and O–H groups in total. The van der Waals surface area contributed by atoms with Crippen molar-refractivity contribution >= 4 is 0 Å². The lowest BCUT2D eigenvalue weighted by Gasteiger charge is -2.23. The molecule has 1 fully saturated rings. The minimum Gasteiger partial charge on any atom is -0.312 e. The summed E-state index contributed by atoms with van der Waals surface area (Å²) in [5.74, 6) is 0. The van der Waals surface area contributed by atoms with Crippen molar-refractivity contribution in [3.8, 4) is 0 Å². The quantitative estimate of drug-likeness (QED) is 0.720. The second-order valence-electron chi connectivity index (χ2n) is 6.72. The molecular weight excluding hydrogens is 184 g/mol. The largest absolute Gasteiger partial charge is 0.312 e. The number of hydrogen-bond acceptors (Lipinski definition) is 2. The Bertz CT molecular complexity index is 191. The van der Waals surface area contributed by atoms with Crippen molar-refractivity contribution in [1.82, 2.24) is 10.2 Å². The summed E-state index contributed by atoms with van der Waals surface area (Å²) in [7, 11) is 0. The molecule has 0 radical (unpaired) electrons. The van der Waals surface area contributed by atoms with E-state index in [1.807, 2.05) is 0 Å². The average molecular weight is 212 g/mol. The van der Waals surface area contributed by atoms with Crippen LogP contribution in [0.3, 0.4) is 0 Å². The summed E-state index contributed by atoms with van der Waals surface area (Å²) in [6.45, 7) is 16.4. The zero-order valence-corrected chi connectivity index (χ0v) is 11.2. The van der Waals surface area contributed by atoms with Gasteiger partial charge >= 0.3 is 0 Å². The molecule has 1 saturated heterocycles. The fourth-order valence-corrected chi connectivity index (χ4v) is 2.18. The topological polar surface area (TPSA) is 15.3 Å². The van der Waals surface area contributed by atoms with E-state index in [2.05, 4.69) is 44.8 Å². The highest BCUT2D eigenvalue weighted by molar-refractivity contribution is 4.82. The van der Waals surface area contributed by atoms with Crippen LogP contribution < -0.4 is 5.32 Å². The van der Waals surface area contributed by atoms with E-state index >= 15 is 0 Å². The van der Waals surface area contributed by atoms with E-state index in [-0.39, 0.29) is 5.54 Å². The first-order valence-electron chi connectivity index (χ1n) is 6.26. The number of nitrogens with zero attached hydrogens (tertiary/aromatic N) is 1. The van der Waals surface area contributed by atoms with Crippen LogP contribution in [-0.4, -0.2) is 36.6 Å². The molecule has 0 aromatic carbocycles. The number of rotatable bonds is 4. The Morgan fingerprint density at radius 1 is 1.27 bits per heavy atom. The summed E-state index contributed by atoms with van der Waals surface area (Å²) >= 11 is 0. The van der Waals surface area contributed by atoms with Crippen LogP contribution >= 0.6 is 0 Å². The molecule has 15 heavy (non-hydrogen) atoms. The second kappa shape index (κ2) is 4.84. The van der Waals surface area contributed by atoms with Gasteiger partial charge in [-0.05, 0) is 58.7 Å². The number of nitrogens with one attached hydrogen (secondary N) is 1. The fourth-order valence-electron chi connectivity index (χ4n) is 2.18. The van der Waals surface area contributed by atoms with Gasteiger partial charge in [-0.1, -0.05) is 13.8 Å². The molecule has 0 atom stereocenters. The normalized spacial score (nSPS) is 22.2. The third-order valence-electron chi connectivity index (χ3n) is 3.06. The molecule has 0 aliphatic carbocycles. The van der Waals surface area contributed by atoms with Gasteiger partial charge in [0.05, 0.1) is 0 Å². The summed E-state index contributed by atoms with van der Waals surface area (Å²) in [5.41, 5.74) is 0.821.